The lowest BCUT2D eigenvalue weighted by Crippen LogP contribution is -2.17. The zero-order valence-corrected chi connectivity index (χ0v) is 15.4. The van der Waals surface area contributed by atoms with E-state index in [0.717, 1.165) is 10.6 Å². The van der Waals surface area contributed by atoms with Crippen LogP contribution in [0.4, 0.5) is 10.9 Å². The van der Waals surface area contributed by atoms with Crippen LogP contribution in [0.15, 0.2) is 29.0 Å². The molecular weight excluding hydrogens is 358 g/mol. The van der Waals surface area contributed by atoms with E-state index in [4.69, 9.17) is 0 Å². The van der Waals surface area contributed by atoms with Crippen molar-refractivity contribution in [2.24, 2.45) is 7.05 Å². The predicted octanol–water partition coefficient (Wildman–Crippen LogP) is 2.61. The summed E-state index contributed by atoms with van der Waals surface area (Å²) in [5.74, 6) is 0.352. The van der Waals surface area contributed by atoms with Gasteiger partial charge in [0.1, 0.15) is 5.82 Å². The Morgan fingerprint density at radius 3 is 2.68 bits per heavy atom. The molecule has 0 atom stereocenters. The maximum Gasteiger partial charge on any atom is 0.231 e. The maximum atomic E-state index is 12.1. The smallest absolute Gasteiger partial charge is 0.231 e. The molecule has 0 fully saturated rings. The molecule has 130 valence electrons. The largest absolute Gasteiger partial charge is 0.311 e. The summed E-state index contributed by atoms with van der Waals surface area (Å²) in [6, 6.07) is 5.63. The van der Waals surface area contributed by atoms with Crippen LogP contribution >= 0.6 is 22.7 Å². The number of hydrogen-bond donors (Lipinski definition) is 2. The van der Waals surface area contributed by atoms with Crippen molar-refractivity contribution in [1.82, 2.24) is 14.8 Å². The Balaban J connectivity index is 1.53. The van der Waals surface area contributed by atoms with Crippen molar-refractivity contribution in [2.75, 3.05) is 10.6 Å². The van der Waals surface area contributed by atoms with Crippen molar-refractivity contribution in [3.63, 3.8) is 0 Å². The minimum Gasteiger partial charge on any atom is -0.311 e. The summed E-state index contributed by atoms with van der Waals surface area (Å²) in [7, 11) is 1.77. The van der Waals surface area contributed by atoms with Crippen LogP contribution in [-0.4, -0.2) is 26.6 Å². The fourth-order valence-electron chi connectivity index (χ4n) is 2.26. The lowest BCUT2D eigenvalue weighted by Gasteiger charge is -2.03. The number of nitrogens with one attached hydrogen (secondary N) is 2. The average Bonchev–Trinajstić information content (AvgIpc) is 3.24. The van der Waals surface area contributed by atoms with Crippen molar-refractivity contribution in [3.8, 4) is 0 Å². The minimum atomic E-state index is -0.176. The minimum absolute atomic E-state index is 0.113. The van der Waals surface area contributed by atoms with Crippen molar-refractivity contribution in [3.05, 3.63) is 45.2 Å². The quantitative estimate of drug-likeness (QED) is 0.693. The van der Waals surface area contributed by atoms with Crippen molar-refractivity contribution in [1.29, 1.82) is 0 Å². The van der Waals surface area contributed by atoms with E-state index >= 15 is 0 Å². The lowest BCUT2D eigenvalue weighted by molar-refractivity contribution is -0.116. The number of rotatable bonds is 6. The second kappa shape index (κ2) is 7.58. The molecule has 0 saturated heterocycles. The van der Waals surface area contributed by atoms with Gasteiger partial charge in [-0.15, -0.1) is 22.7 Å². The highest BCUT2D eigenvalue weighted by atomic mass is 32.1. The van der Waals surface area contributed by atoms with Crippen molar-refractivity contribution in [2.45, 2.75) is 19.8 Å². The van der Waals surface area contributed by atoms with Gasteiger partial charge in [0.25, 0.3) is 0 Å². The van der Waals surface area contributed by atoms with E-state index in [1.165, 1.54) is 11.3 Å². The number of thiazole rings is 1. The second-order valence-electron chi connectivity index (χ2n) is 5.47. The van der Waals surface area contributed by atoms with Gasteiger partial charge >= 0.3 is 0 Å². The van der Waals surface area contributed by atoms with Gasteiger partial charge in [-0.1, -0.05) is 6.07 Å². The van der Waals surface area contributed by atoms with E-state index in [-0.39, 0.29) is 18.2 Å². The predicted molar refractivity (Wildman–Crippen MR) is 99.0 cm³/mol. The number of aromatic nitrogens is 3. The molecule has 0 aliphatic rings. The number of amides is 2. The molecule has 0 unspecified atom stereocenters. The number of aryl methyl sites for hydroxylation is 2. The molecule has 3 heterocycles. The molecule has 7 nitrogen and oxygen atoms in total. The summed E-state index contributed by atoms with van der Waals surface area (Å²) >= 11 is 2.85. The lowest BCUT2D eigenvalue weighted by atomic mass is 10.3. The summed E-state index contributed by atoms with van der Waals surface area (Å²) in [6.07, 6.45) is 0.467. The number of anilines is 2. The molecule has 0 aromatic carbocycles. The number of nitrogens with zero attached hydrogens (tertiary/aromatic N) is 3. The fourth-order valence-corrected chi connectivity index (χ4v) is 3.69. The Hall–Kier alpha value is -2.52. The second-order valence-corrected chi connectivity index (χ2v) is 7.36. The van der Waals surface area contributed by atoms with Crippen LogP contribution in [0.3, 0.4) is 0 Å². The van der Waals surface area contributed by atoms with Gasteiger partial charge in [0.2, 0.25) is 11.8 Å². The van der Waals surface area contributed by atoms with Gasteiger partial charge in [0.05, 0.1) is 24.2 Å². The van der Waals surface area contributed by atoms with Crippen LogP contribution in [0, 0.1) is 6.92 Å². The number of hydrogen-bond acceptors (Lipinski definition) is 6. The van der Waals surface area contributed by atoms with Crippen LogP contribution in [0.5, 0.6) is 0 Å². The summed E-state index contributed by atoms with van der Waals surface area (Å²) in [5.41, 5.74) is 1.45. The fraction of sp³-hybridized carbons (Fsp3) is 0.250. The van der Waals surface area contributed by atoms with Crippen LogP contribution in [0.25, 0.3) is 0 Å². The zero-order chi connectivity index (χ0) is 17.8. The first-order valence-electron chi connectivity index (χ1n) is 7.57. The van der Waals surface area contributed by atoms with Gasteiger partial charge in [-0.25, -0.2) is 4.98 Å². The first-order chi connectivity index (χ1) is 12.0. The van der Waals surface area contributed by atoms with Crippen molar-refractivity contribution >= 4 is 45.4 Å². The summed E-state index contributed by atoms with van der Waals surface area (Å²) in [5, 5.41) is 14.0. The molecule has 2 N–H and O–H groups in total. The molecule has 0 aliphatic heterocycles. The number of carbonyl (C=O) groups is 2. The van der Waals surface area contributed by atoms with E-state index in [1.54, 1.807) is 34.5 Å². The average molecular weight is 375 g/mol. The normalized spacial score (nSPS) is 10.6. The van der Waals surface area contributed by atoms with Gasteiger partial charge in [-0.3, -0.25) is 14.3 Å². The highest BCUT2D eigenvalue weighted by molar-refractivity contribution is 7.14. The molecule has 0 bridgehead atoms. The zero-order valence-electron chi connectivity index (χ0n) is 13.8. The summed E-state index contributed by atoms with van der Waals surface area (Å²) in [4.78, 5) is 29.4. The summed E-state index contributed by atoms with van der Waals surface area (Å²) in [6.45, 7) is 1.86. The van der Waals surface area contributed by atoms with E-state index in [0.29, 0.717) is 23.1 Å². The van der Waals surface area contributed by atoms with Crippen molar-refractivity contribution < 1.29 is 9.59 Å². The Morgan fingerprint density at radius 1 is 1.20 bits per heavy atom. The van der Waals surface area contributed by atoms with E-state index in [1.807, 2.05) is 24.4 Å². The third kappa shape index (κ3) is 4.74. The van der Waals surface area contributed by atoms with Crippen LogP contribution in [0.1, 0.15) is 16.3 Å². The van der Waals surface area contributed by atoms with Gasteiger partial charge in [0.15, 0.2) is 5.13 Å². The molecule has 0 radical (unpaired) electrons. The number of carbonyl (C=O) groups excluding carboxylic acids is 2. The maximum absolute atomic E-state index is 12.1. The highest BCUT2D eigenvalue weighted by Crippen LogP contribution is 2.18. The summed E-state index contributed by atoms with van der Waals surface area (Å²) < 4.78 is 1.62. The topological polar surface area (TPSA) is 88.9 Å². The molecule has 3 aromatic heterocycles. The molecule has 0 spiro atoms. The molecule has 0 aliphatic carbocycles. The molecule has 3 aromatic rings. The number of thiophene rings is 1. The monoisotopic (exact) mass is 375 g/mol. The first kappa shape index (κ1) is 17.3. The SMILES string of the molecule is Cc1cc(NC(=O)Cc2csc(NC(=O)Cc3cccs3)n2)n(C)n1. The highest BCUT2D eigenvalue weighted by Gasteiger charge is 2.12. The van der Waals surface area contributed by atoms with E-state index < -0.39 is 0 Å². The van der Waals surface area contributed by atoms with Crippen LogP contribution in [-0.2, 0) is 29.5 Å². The Morgan fingerprint density at radius 2 is 2.00 bits per heavy atom. The molecule has 9 heteroatoms. The van der Waals surface area contributed by atoms with Crippen LogP contribution in [0.2, 0.25) is 0 Å². The van der Waals surface area contributed by atoms with Crippen LogP contribution < -0.4 is 10.6 Å². The molecule has 0 saturated carbocycles. The standard InChI is InChI=1S/C16H17N5O2S2/c1-10-6-13(21(2)20-10)18-14(22)7-11-9-25-16(17-11)19-15(23)8-12-4-3-5-24-12/h3-6,9H,7-8H2,1-2H3,(H,18,22)(H,17,19,23). The van der Waals surface area contributed by atoms with Gasteiger partial charge < -0.3 is 10.6 Å². The third-order valence-electron chi connectivity index (χ3n) is 3.32. The molecule has 3 rings (SSSR count). The molecule has 25 heavy (non-hydrogen) atoms. The Kier molecular flexibility index (Phi) is 5.25. The van der Waals surface area contributed by atoms with Gasteiger partial charge in [0, 0.05) is 23.4 Å². The Labute approximate surface area is 152 Å². The Bertz CT molecular complexity index is 882. The van der Waals surface area contributed by atoms with E-state index in [2.05, 4.69) is 20.7 Å². The molecular formula is C16H17N5O2S2. The van der Waals surface area contributed by atoms with Gasteiger partial charge in [-0.2, -0.15) is 5.10 Å². The molecule has 2 amide bonds. The van der Waals surface area contributed by atoms with E-state index in [9.17, 15) is 9.59 Å². The van der Waals surface area contributed by atoms with Gasteiger partial charge in [-0.05, 0) is 18.4 Å². The third-order valence-corrected chi connectivity index (χ3v) is 5.01. The first-order valence-corrected chi connectivity index (χ1v) is 9.32.